The smallest absolute Gasteiger partial charge is 0.136 e. The van der Waals surface area contributed by atoms with Crippen molar-refractivity contribution in [1.82, 2.24) is 4.57 Å². The Labute approximate surface area is 355 Å². The number of hydrogen-bond acceptors (Lipinski definition) is 2. The van der Waals surface area contributed by atoms with Gasteiger partial charge in [0, 0.05) is 38.5 Å². The minimum Gasteiger partial charge on any atom is -0.456 e. The topological polar surface area (TPSA) is 21.3 Å². The van der Waals surface area contributed by atoms with Crippen molar-refractivity contribution >= 4 is 71.6 Å². The molecule has 9 aromatic carbocycles. The SMILES string of the molecule is c1ccc(-n2c3ccccc3c3c(N(c4ccc(-c5cccc6oc7ccccc7c56)cc4)c4ccccc4-c4cccc5cccc(C6CCCCC6)c45)cccc32)cc1. The predicted octanol–water partition coefficient (Wildman–Crippen LogP) is 16.7. The zero-order valence-electron chi connectivity index (χ0n) is 34.0. The van der Waals surface area contributed by atoms with Gasteiger partial charge < -0.3 is 13.9 Å². The van der Waals surface area contributed by atoms with Crippen LogP contribution in [0.5, 0.6) is 0 Å². The average Bonchev–Trinajstić information content (AvgIpc) is 3.89. The normalized spacial score (nSPS) is 13.5. The molecular formula is C58H44N2O. The Bertz CT molecular complexity index is 3400. The molecule has 0 atom stereocenters. The van der Waals surface area contributed by atoms with Crippen molar-refractivity contribution in [3.05, 3.63) is 206 Å². The zero-order valence-corrected chi connectivity index (χ0v) is 34.0. The monoisotopic (exact) mass is 784 g/mol. The summed E-state index contributed by atoms with van der Waals surface area (Å²) in [5.74, 6) is 0.573. The van der Waals surface area contributed by atoms with E-state index < -0.39 is 0 Å². The lowest BCUT2D eigenvalue weighted by Crippen LogP contribution is -2.12. The first-order valence-electron chi connectivity index (χ1n) is 21.8. The molecule has 0 bridgehead atoms. The minimum atomic E-state index is 0.573. The number of nitrogens with zero attached hydrogens (tertiary/aromatic N) is 2. The maximum absolute atomic E-state index is 6.32. The Kier molecular flexibility index (Phi) is 8.59. The summed E-state index contributed by atoms with van der Waals surface area (Å²) in [6, 6.07) is 73.3. The summed E-state index contributed by atoms with van der Waals surface area (Å²) in [5.41, 5.74) is 15.0. The van der Waals surface area contributed by atoms with E-state index in [1.165, 1.54) is 86.9 Å². The lowest BCUT2D eigenvalue weighted by molar-refractivity contribution is 0.445. The number of furan rings is 1. The fourth-order valence-corrected chi connectivity index (χ4v) is 10.5. The highest BCUT2D eigenvalue weighted by atomic mass is 16.3. The van der Waals surface area contributed by atoms with Crippen molar-refractivity contribution < 1.29 is 4.42 Å². The van der Waals surface area contributed by atoms with Crippen molar-refractivity contribution in [3.63, 3.8) is 0 Å². The lowest BCUT2D eigenvalue weighted by atomic mass is 9.80. The molecule has 0 radical (unpaired) electrons. The van der Waals surface area contributed by atoms with Crippen LogP contribution >= 0.6 is 0 Å². The second-order valence-corrected chi connectivity index (χ2v) is 16.6. The summed E-state index contributed by atoms with van der Waals surface area (Å²) < 4.78 is 8.74. The number of rotatable bonds is 7. The zero-order chi connectivity index (χ0) is 40.3. The molecule has 12 rings (SSSR count). The number of benzene rings is 9. The number of hydrogen-bond donors (Lipinski definition) is 0. The van der Waals surface area contributed by atoms with Gasteiger partial charge in [-0.05, 0) is 112 Å². The first kappa shape index (κ1) is 35.6. The lowest BCUT2D eigenvalue weighted by Gasteiger charge is -2.30. The maximum atomic E-state index is 6.32. The Morgan fingerprint density at radius 1 is 0.426 bits per heavy atom. The third-order valence-corrected chi connectivity index (χ3v) is 13.2. The molecule has 1 saturated carbocycles. The van der Waals surface area contributed by atoms with E-state index >= 15 is 0 Å². The molecule has 2 aromatic heterocycles. The van der Waals surface area contributed by atoms with Crippen LogP contribution in [0.15, 0.2) is 205 Å². The predicted molar refractivity (Wildman–Crippen MR) is 257 cm³/mol. The van der Waals surface area contributed by atoms with E-state index in [1.807, 2.05) is 6.07 Å². The molecule has 0 spiro atoms. The summed E-state index contributed by atoms with van der Waals surface area (Å²) in [4.78, 5) is 2.51. The molecule has 0 unspecified atom stereocenters. The van der Waals surface area contributed by atoms with Gasteiger partial charge in [-0.25, -0.2) is 0 Å². The highest BCUT2D eigenvalue weighted by Gasteiger charge is 2.25. The van der Waals surface area contributed by atoms with Crippen molar-refractivity contribution in [1.29, 1.82) is 0 Å². The Morgan fingerprint density at radius 2 is 1.07 bits per heavy atom. The van der Waals surface area contributed by atoms with Gasteiger partial charge in [-0.2, -0.15) is 0 Å². The minimum absolute atomic E-state index is 0.573. The van der Waals surface area contributed by atoms with Crippen LogP contribution in [0.1, 0.15) is 43.6 Å². The molecule has 3 heteroatoms. The second kappa shape index (κ2) is 14.7. The summed E-state index contributed by atoms with van der Waals surface area (Å²) in [7, 11) is 0. The van der Waals surface area contributed by atoms with E-state index in [9.17, 15) is 0 Å². The number of aromatic nitrogens is 1. The quantitative estimate of drug-likeness (QED) is 0.161. The van der Waals surface area contributed by atoms with E-state index in [0.717, 1.165) is 50.3 Å². The van der Waals surface area contributed by atoms with Gasteiger partial charge in [0.1, 0.15) is 11.2 Å². The number of anilines is 3. The standard InChI is InChI=1S/C58H44N2O/c1-3-17-39(18-4-1)44-26-13-19-41-20-14-28-47(56(41)44)46-23-7-10-29-50(46)60(43-37-35-40(36-38-43)45-27-15-34-55-57(45)49-25-9-12-33-54(49)61-55)53-32-16-31-52-58(53)48-24-8-11-30-51(48)59(52)42-21-5-2-6-22-42/h2,5-16,19-39H,1,3-4,17-18H2. The summed E-state index contributed by atoms with van der Waals surface area (Å²) in [6.45, 7) is 0. The molecule has 2 heterocycles. The van der Waals surface area contributed by atoms with Crippen LogP contribution in [-0.2, 0) is 0 Å². The third kappa shape index (κ3) is 5.87. The largest absolute Gasteiger partial charge is 0.456 e. The maximum Gasteiger partial charge on any atom is 0.136 e. The fraction of sp³-hybridized carbons (Fsp3) is 0.103. The molecule has 1 aliphatic rings. The molecule has 0 aliphatic heterocycles. The van der Waals surface area contributed by atoms with Crippen LogP contribution < -0.4 is 4.90 Å². The van der Waals surface area contributed by atoms with E-state index in [1.54, 1.807) is 0 Å². The highest BCUT2D eigenvalue weighted by Crippen LogP contribution is 2.49. The Hall–Kier alpha value is -7.36. The Morgan fingerprint density at radius 3 is 1.93 bits per heavy atom. The van der Waals surface area contributed by atoms with Crippen molar-refractivity contribution in [2.75, 3.05) is 4.90 Å². The van der Waals surface area contributed by atoms with Gasteiger partial charge in [0.25, 0.3) is 0 Å². The van der Waals surface area contributed by atoms with Gasteiger partial charge in [-0.1, -0.05) is 159 Å². The third-order valence-electron chi connectivity index (χ3n) is 13.2. The molecule has 292 valence electrons. The molecule has 61 heavy (non-hydrogen) atoms. The van der Waals surface area contributed by atoms with Crippen molar-refractivity contribution in [3.8, 4) is 27.9 Å². The Balaban J connectivity index is 1.11. The van der Waals surface area contributed by atoms with Gasteiger partial charge in [0.05, 0.1) is 22.4 Å². The van der Waals surface area contributed by atoms with Gasteiger partial charge in [0.2, 0.25) is 0 Å². The number of fused-ring (bicyclic) bond motifs is 7. The summed E-state index contributed by atoms with van der Waals surface area (Å²) in [6.07, 6.45) is 6.45. The van der Waals surface area contributed by atoms with Gasteiger partial charge >= 0.3 is 0 Å². The second-order valence-electron chi connectivity index (χ2n) is 16.6. The van der Waals surface area contributed by atoms with Gasteiger partial charge in [-0.3, -0.25) is 0 Å². The first-order chi connectivity index (χ1) is 30.3. The molecule has 0 amide bonds. The molecular weight excluding hydrogens is 741 g/mol. The highest BCUT2D eigenvalue weighted by molar-refractivity contribution is 6.17. The molecule has 1 aliphatic carbocycles. The van der Waals surface area contributed by atoms with Crippen LogP contribution in [0.4, 0.5) is 17.1 Å². The van der Waals surface area contributed by atoms with Crippen LogP contribution in [-0.4, -0.2) is 4.57 Å². The summed E-state index contributed by atoms with van der Waals surface area (Å²) >= 11 is 0. The van der Waals surface area contributed by atoms with Crippen LogP contribution in [0.3, 0.4) is 0 Å². The van der Waals surface area contributed by atoms with Crippen molar-refractivity contribution in [2.24, 2.45) is 0 Å². The molecule has 1 fully saturated rings. The van der Waals surface area contributed by atoms with Crippen LogP contribution in [0.2, 0.25) is 0 Å². The molecule has 3 nitrogen and oxygen atoms in total. The fourth-order valence-electron chi connectivity index (χ4n) is 10.5. The van der Waals surface area contributed by atoms with E-state index in [4.69, 9.17) is 4.42 Å². The van der Waals surface area contributed by atoms with Gasteiger partial charge in [-0.15, -0.1) is 0 Å². The molecule has 0 saturated heterocycles. The molecule has 11 aromatic rings. The van der Waals surface area contributed by atoms with Crippen LogP contribution in [0, 0.1) is 0 Å². The number of para-hydroxylation sites is 4. The summed E-state index contributed by atoms with van der Waals surface area (Å²) in [5, 5.41) is 7.42. The van der Waals surface area contributed by atoms with Crippen molar-refractivity contribution in [2.45, 2.75) is 38.0 Å². The van der Waals surface area contributed by atoms with Crippen LogP contribution in [0.25, 0.3) is 82.5 Å². The molecule has 0 N–H and O–H groups in total. The van der Waals surface area contributed by atoms with E-state index in [-0.39, 0.29) is 0 Å². The van der Waals surface area contributed by atoms with Gasteiger partial charge in [0.15, 0.2) is 0 Å². The van der Waals surface area contributed by atoms with E-state index in [2.05, 4.69) is 204 Å². The average molecular weight is 785 g/mol. The first-order valence-corrected chi connectivity index (χ1v) is 21.8. The van der Waals surface area contributed by atoms with E-state index in [0.29, 0.717) is 5.92 Å².